The lowest BCUT2D eigenvalue weighted by Gasteiger charge is -2.47. The number of hydrazine groups is 2. The first-order valence-electron chi connectivity index (χ1n) is 11.6. The maximum atomic E-state index is 13.1. The van der Waals surface area contributed by atoms with Crippen LogP contribution >= 0.6 is 0 Å². The van der Waals surface area contributed by atoms with Crippen molar-refractivity contribution in [1.82, 2.24) is 20.0 Å². The van der Waals surface area contributed by atoms with Crippen molar-refractivity contribution >= 4 is 11.8 Å². The van der Waals surface area contributed by atoms with Crippen LogP contribution in [0.1, 0.15) is 66.2 Å². The molecule has 0 aromatic rings. The number of rotatable bonds is 11. The van der Waals surface area contributed by atoms with Crippen molar-refractivity contribution in [2.45, 2.75) is 90.4 Å². The van der Waals surface area contributed by atoms with Crippen molar-refractivity contribution in [3.63, 3.8) is 0 Å². The fourth-order valence-electron chi connectivity index (χ4n) is 4.87. The van der Waals surface area contributed by atoms with Crippen molar-refractivity contribution < 1.29 is 19.1 Å². The first-order valence-corrected chi connectivity index (χ1v) is 11.6. The number of hydrogen-bond acceptors (Lipinski definition) is 6. The van der Waals surface area contributed by atoms with Crippen LogP contribution in [0.5, 0.6) is 0 Å². The fraction of sp³-hybridized carbons (Fsp3) is 0.909. The molecule has 0 unspecified atom stereocenters. The summed E-state index contributed by atoms with van der Waals surface area (Å²) < 4.78 is 10.8. The van der Waals surface area contributed by atoms with Gasteiger partial charge in [-0.05, 0) is 39.5 Å². The zero-order valence-electron chi connectivity index (χ0n) is 19.8. The van der Waals surface area contributed by atoms with Gasteiger partial charge < -0.3 is 9.47 Å². The first-order chi connectivity index (χ1) is 14.4. The zero-order valence-corrected chi connectivity index (χ0v) is 19.8. The summed E-state index contributed by atoms with van der Waals surface area (Å²) in [5, 5.41) is 8.20. The lowest BCUT2D eigenvalue weighted by molar-refractivity contribution is -0.179. The van der Waals surface area contributed by atoms with Gasteiger partial charge in [-0.25, -0.2) is 10.0 Å². The molecular weight excluding hydrogens is 384 g/mol. The molecule has 0 radical (unpaired) electrons. The van der Waals surface area contributed by atoms with Gasteiger partial charge >= 0.3 is 0 Å². The van der Waals surface area contributed by atoms with E-state index < -0.39 is 0 Å². The van der Waals surface area contributed by atoms with Gasteiger partial charge in [0.15, 0.2) is 0 Å². The molecule has 0 aromatic carbocycles. The number of methoxy groups -OCH3 is 2. The van der Waals surface area contributed by atoms with Gasteiger partial charge in [0.1, 0.15) is 0 Å². The molecule has 2 amide bonds. The second-order valence-corrected chi connectivity index (χ2v) is 8.49. The Morgan fingerprint density at radius 2 is 1.20 bits per heavy atom. The summed E-state index contributed by atoms with van der Waals surface area (Å²) in [6.45, 7) is 10.8. The standard InChI is InChI=1S/C22H42N4O4/c1-7-21(27)25(23-13-9-11-19(23)15-29-5)17(3)18(4)26(22(28)8-2)24-14-10-12-20(24)16-30-6/h17-20H,7-16H2,1-6H3/t17-,18-,19+,20+/m1/s1. The van der Waals surface area contributed by atoms with Crippen LogP contribution < -0.4 is 0 Å². The second kappa shape index (κ2) is 12.0. The van der Waals surface area contributed by atoms with Gasteiger partial charge in [-0.2, -0.15) is 0 Å². The summed E-state index contributed by atoms with van der Waals surface area (Å²) in [4.78, 5) is 26.1. The highest BCUT2D eigenvalue weighted by molar-refractivity contribution is 5.77. The Morgan fingerprint density at radius 1 is 0.833 bits per heavy atom. The van der Waals surface area contributed by atoms with Crippen LogP contribution in [0.3, 0.4) is 0 Å². The second-order valence-electron chi connectivity index (χ2n) is 8.49. The predicted octanol–water partition coefficient (Wildman–Crippen LogP) is 2.29. The number of carbonyl (C=O) groups excluding carboxylic acids is 2. The molecular formula is C22H42N4O4. The van der Waals surface area contributed by atoms with Crippen LogP contribution in [0.25, 0.3) is 0 Å². The molecule has 2 fully saturated rings. The average molecular weight is 427 g/mol. The van der Waals surface area contributed by atoms with Gasteiger partial charge in [0.25, 0.3) is 0 Å². The predicted molar refractivity (Wildman–Crippen MR) is 116 cm³/mol. The summed E-state index contributed by atoms with van der Waals surface area (Å²) in [5.74, 6) is 0.187. The largest absolute Gasteiger partial charge is 0.383 e. The Labute approximate surface area is 182 Å². The Kier molecular flexibility index (Phi) is 10.0. The summed E-state index contributed by atoms with van der Waals surface area (Å²) in [6, 6.07) is 0.107. The van der Waals surface area contributed by atoms with E-state index in [1.165, 1.54) is 0 Å². The summed E-state index contributed by atoms with van der Waals surface area (Å²) >= 11 is 0. The number of amides is 2. The average Bonchev–Trinajstić information content (AvgIpc) is 3.38. The van der Waals surface area contributed by atoms with Crippen molar-refractivity contribution in [1.29, 1.82) is 0 Å². The molecule has 2 heterocycles. The molecule has 2 aliphatic rings. The molecule has 4 atom stereocenters. The third kappa shape index (κ3) is 5.52. The molecule has 30 heavy (non-hydrogen) atoms. The highest BCUT2D eigenvalue weighted by Crippen LogP contribution is 2.28. The van der Waals surface area contributed by atoms with E-state index in [1.807, 2.05) is 23.9 Å². The van der Waals surface area contributed by atoms with Crippen molar-refractivity contribution in [2.75, 3.05) is 40.5 Å². The van der Waals surface area contributed by atoms with E-state index in [0.29, 0.717) is 26.1 Å². The van der Waals surface area contributed by atoms with E-state index in [4.69, 9.17) is 9.47 Å². The minimum Gasteiger partial charge on any atom is -0.383 e. The van der Waals surface area contributed by atoms with Gasteiger partial charge in [0, 0.05) is 40.2 Å². The summed E-state index contributed by atoms with van der Waals surface area (Å²) in [6.07, 6.45) is 4.99. The van der Waals surface area contributed by atoms with E-state index in [9.17, 15) is 9.59 Å². The quantitative estimate of drug-likeness (QED) is 0.505. The molecule has 174 valence electrons. The molecule has 8 nitrogen and oxygen atoms in total. The van der Waals surface area contributed by atoms with Gasteiger partial charge in [-0.3, -0.25) is 19.6 Å². The molecule has 0 N–H and O–H groups in total. The first kappa shape index (κ1) is 25.0. The highest BCUT2D eigenvalue weighted by Gasteiger charge is 2.41. The van der Waals surface area contributed by atoms with Gasteiger partial charge in [0.05, 0.1) is 37.4 Å². The normalized spacial score (nSPS) is 24.7. The minimum atomic E-state index is -0.144. The SMILES string of the molecule is CCC(=O)N([C@H](C)[C@@H](C)N(C(=O)CC)N1CCC[C@H]1COC)N1CCC[C@H]1COC. The molecule has 2 saturated heterocycles. The third-order valence-electron chi connectivity index (χ3n) is 6.55. The number of hydrogen-bond donors (Lipinski definition) is 0. The molecule has 0 spiro atoms. The lowest BCUT2D eigenvalue weighted by Crippen LogP contribution is -2.63. The van der Waals surface area contributed by atoms with Crippen LogP contribution in [0.2, 0.25) is 0 Å². The highest BCUT2D eigenvalue weighted by atomic mass is 16.5. The van der Waals surface area contributed by atoms with Crippen LogP contribution in [0.15, 0.2) is 0 Å². The Hall–Kier alpha value is -1.22. The summed E-state index contributed by atoms with van der Waals surface area (Å²) in [7, 11) is 3.42. The third-order valence-corrected chi connectivity index (χ3v) is 6.55. The monoisotopic (exact) mass is 426 g/mol. The van der Waals surface area contributed by atoms with Crippen molar-refractivity contribution in [3.8, 4) is 0 Å². The minimum absolute atomic E-state index is 0.0936. The van der Waals surface area contributed by atoms with E-state index >= 15 is 0 Å². The molecule has 2 rings (SSSR count). The zero-order chi connectivity index (χ0) is 22.3. The molecule has 0 bridgehead atoms. The van der Waals surface area contributed by atoms with Crippen LogP contribution in [-0.2, 0) is 19.1 Å². The van der Waals surface area contributed by atoms with E-state index in [2.05, 4.69) is 23.9 Å². The van der Waals surface area contributed by atoms with Gasteiger partial charge in [0.2, 0.25) is 11.8 Å². The van der Waals surface area contributed by atoms with Crippen molar-refractivity contribution in [2.24, 2.45) is 0 Å². The topological polar surface area (TPSA) is 65.6 Å². The molecule has 8 heteroatoms. The summed E-state index contributed by atoms with van der Waals surface area (Å²) in [5.41, 5.74) is 0. The number of nitrogens with zero attached hydrogens (tertiary/aromatic N) is 4. The lowest BCUT2D eigenvalue weighted by atomic mass is 10.1. The maximum absolute atomic E-state index is 13.1. The van der Waals surface area contributed by atoms with Crippen LogP contribution in [-0.4, -0.2) is 96.5 Å². The fourth-order valence-corrected chi connectivity index (χ4v) is 4.87. The molecule has 0 saturated carbocycles. The van der Waals surface area contributed by atoms with Gasteiger partial charge in [-0.1, -0.05) is 13.8 Å². The van der Waals surface area contributed by atoms with E-state index in [1.54, 1.807) is 14.2 Å². The Bertz CT molecular complexity index is 513. The number of carbonyl (C=O) groups is 2. The smallest absolute Gasteiger partial charge is 0.236 e. The molecule has 2 aliphatic heterocycles. The van der Waals surface area contributed by atoms with Crippen LogP contribution in [0, 0.1) is 0 Å². The Balaban J connectivity index is 2.30. The number of ether oxygens (including phenoxy) is 2. The van der Waals surface area contributed by atoms with E-state index in [0.717, 1.165) is 38.8 Å². The van der Waals surface area contributed by atoms with Gasteiger partial charge in [-0.15, -0.1) is 0 Å². The van der Waals surface area contributed by atoms with Crippen molar-refractivity contribution in [3.05, 3.63) is 0 Å². The Morgan fingerprint density at radius 3 is 1.50 bits per heavy atom. The molecule has 0 aliphatic carbocycles. The molecule has 0 aromatic heterocycles. The van der Waals surface area contributed by atoms with Crippen LogP contribution in [0.4, 0.5) is 0 Å². The van der Waals surface area contributed by atoms with E-state index in [-0.39, 0.29) is 36.0 Å². The maximum Gasteiger partial charge on any atom is 0.236 e.